The Balaban J connectivity index is 1.70. The summed E-state index contributed by atoms with van der Waals surface area (Å²) in [6, 6.07) is 0.841. The molecule has 0 bridgehead atoms. The lowest BCUT2D eigenvalue weighted by atomic mass is 10.0. The van der Waals surface area contributed by atoms with Crippen LogP contribution in [-0.2, 0) is 0 Å². The second-order valence-electron chi connectivity index (χ2n) is 6.64. The fraction of sp³-hybridized carbons (Fsp3) is 0.933. The number of rotatable bonds is 3. The molecule has 0 atom stereocenters. The van der Waals surface area contributed by atoms with Crippen molar-refractivity contribution in [3.63, 3.8) is 0 Å². The fourth-order valence-electron chi connectivity index (χ4n) is 3.05. The van der Waals surface area contributed by atoms with Crippen LogP contribution in [0.2, 0.25) is 0 Å². The van der Waals surface area contributed by atoms with Gasteiger partial charge in [-0.1, -0.05) is 13.8 Å². The molecule has 5 heteroatoms. The molecule has 0 aromatic carbocycles. The summed E-state index contributed by atoms with van der Waals surface area (Å²) in [5, 5.41) is 3.01. The van der Waals surface area contributed by atoms with E-state index in [9.17, 15) is 4.79 Å². The van der Waals surface area contributed by atoms with Crippen molar-refractivity contribution < 1.29 is 4.79 Å². The molecule has 2 heterocycles. The van der Waals surface area contributed by atoms with Crippen LogP contribution in [0.25, 0.3) is 0 Å². The minimum Gasteiger partial charge on any atom is -0.338 e. The van der Waals surface area contributed by atoms with Gasteiger partial charge in [-0.25, -0.2) is 4.79 Å². The number of piperazine rings is 1. The van der Waals surface area contributed by atoms with E-state index in [0.29, 0.717) is 5.92 Å². The van der Waals surface area contributed by atoms with Crippen molar-refractivity contribution in [2.75, 3.05) is 52.9 Å². The quantitative estimate of drug-likeness (QED) is 0.841. The average molecular weight is 282 g/mol. The molecule has 0 saturated carbocycles. The van der Waals surface area contributed by atoms with Crippen molar-refractivity contribution in [3.05, 3.63) is 0 Å². The standard InChI is InChI=1S/C15H30N4O/c1-13(2)12-16-15(20)19-10-8-18(9-11-19)14-4-6-17(3)7-5-14/h13-14H,4-12H2,1-3H3,(H,16,20). The lowest BCUT2D eigenvalue weighted by Gasteiger charge is -2.42. The number of amides is 2. The molecule has 2 rings (SSSR count). The molecule has 0 aromatic rings. The van der Waals surface area contributed by atoms with Gasteiger partial charge < -0.3 is 15.1 Å². The van der Waals surface area contributed by atoms with Crippen molar-refractivity contribution in [2.24, 2.45) is 5.92 Å². The zero-order valence-corrected chi connectivity index (χ0v) is 13.3. The molecule has 2 amide bonds. The van der Waals surface area contributed by atoms with E-state index in [2.05, 4.69) is 36.0 Å². The Labute approximate surface area is 123 Å². The molecule has 5 nitrogen and oxygen atoms in total. The Hall–Kier alpha value is -0.810. The minimum atomic E-state index is 0.113. The Bertz CT molecular complexity index is 305. The van der Waals surface area contributed by atoms with E-state index in [0.717, 1.165) is 38.8 Å². The number of urea groups is 1. The molecular weight excluding hydrogens is 252 g/mol. The summed E-state index contributed by atoms with van der Waals surface area (Å²) in [6.07, 6.45) is 2.55. The molecule has 116 valence electrons. The largest absolute Gasteiger partial charge is 0.338 e. The molecule has 1 N–H and O–H groups in total. The van der Waals surface area contributed by atoms with Crippen LogP contribution in [0.5, 0.6) is 0 Å². The van der Waals surface area contributed by atoms with Gasteiger partial charge in [-0.05, 0) is 38.9 Å². The highest BCUT2D eigenvalue weighted by atomic mass is 16.2. The van der Waals surface area contributed by atoms with Crippen LogP contribution in [-0.4, -0.2) is 79.6 Å². The number of piperidine rings is 1. The second-order valence-corrected chi connectivity index (χ2v) is 6.64. The summed E-state index contributed by atoms with van der Waals surface area (Å²) in [5.41, 5.74) is 0. The second kappa shape index (κ2) is 7.27. The molecule has 20 heavy (non-hydrogen) atoms. The molecule has 0 spiro atoms. The van der Waals surface area contributed by atoms with Gasteiger partial charge >= 0.3 is 6.03 Å². The van der Waals surface area contributed by atoms with E-state index in [1.807, 2.05) is 4.90 Å². The molecule has 0 aromatic heterocycles. The van der Waals surface area contributed by atoms with Crippen molar-refractivity contribution in [2.45, 2.75) is 32.7 Å². The molecule has 2 aliphatic rings. The first-order chi connectivity index (χ1) is 9.56. The van der Waals surface area contributed by atoms with Crippen molar-refractivity contribution in [3.8, 4) is 0 Å². The fourth-order valence-corrected chi connectivity index (χ4v) is 3.05. The van der Waals surface area contributed by atoms with Crippen LogP contribution < -0.4 is 5.32 Å². The van der Waals surface area contributed by atoms with Gasteiger partial charge in [-0.3, -0.25) is 4.90 Å². The third-order valence-corrected chi connectivity index (χ3v) is 4.47. The van der Waals surface area contributed by atoms with Gasteiger partial charge in [0.05, 0.1) is 0 Å². The molecule has 0 aliphatic carbocycles. The highest BCUT2D eigenvalue weighted by molar-refractivity contribution is 5.74. The van der Waals surface area contributed by atoms with Gasteiger partial charge in [0, 0.05) is 38.8 Å². The first kappa shape index (κ1) is 15.6. The Kier molecular flexibility index (Phi) is 5.66. The number of likely N-dealkylation sites (tertiary alicyclic amines) is 1. The number of hydrogen-bond donors (Lipinski definition) is 1. The van der Waals surface area contributed by atoms with Crippen LogP contribution in [0.1, 0.15) is 26.7 Å². The highest BCUT2D eigenvalue weighted by Crippen LogP contribution is 2.17. The normalized spacial score (nSPS) is 23.3. The first-order valence-electron chi connectivity index (χ1n) is 8.01. The summed E-state index contributed by atoms with van der Waals surface area (Å²) in [5.74, 6) is 0.513. The average Bonchev–Trinajstić information content (AvgIpc) is 2.46. The number of nitrogens with zero attached hydrogens (tertiary/aromatic N) is 3. The maximum atomic E-state index is 12.0. The van der Waals surface area contributed by atoms with Gasteiger partial charge in [0.2, 0.25) is 0 Å². The molecular formula is C15H30N4O. The van der Waals surface area contributed by atoms with Gasteiger partial charge in [0.25, 0.3) is 0 Å². The molecule has 2 fully saturated rings. The predicted molar refractivity (Wildman–Crippen MR) is 81.9 cm³/mol. The van der Waals surface area contributed by atoms with Crippen LogP contribution in [0.3, 0.4) is 0 Å². The third kappa shape index (κ3) is 4.35. The van der Waals surface area contributed by atoms with E-state index in [-0.39, 0.29) is 6.03 Å². The van der Waals surface area contributed by atoms with E-state index < -0.39 is 0 Å². The molecule has 0 radical (unpaired) electrons. The zero-order valence-electron chi connectivity index (χ0n) is 13.3. The molecule has 2 saturated heterocycles. The maximum Gasteiger partial charge on any atom is 0.317 e. The lowest BCUT2D eigenvalue weighted by molar-refractivity contribution is 0.0748. The topological polar surface area (TPSA) is 38.8 Å². The minimum absolute atomic E-state index is 0.113. The molecule has 2 aliphatic heterocycles. The SMILES string of the molecule is CC(C)CNC(=O)N1CCN(C2CCN(C)CC2)CC1. The number of carbonyl (C=O) groups is 1. The number of hydrogen-bond acceptors (Lipinski definition) is 3. The Morgan fingerprint density at radius 3 is 2.25 bits per heavy atom. The summed E-state index contributed by atoms with van der Waals surface area (Å²) < 4.78 is 0. The summed E-state index contributed by atoms with van der Waals surface area (Å²) in [4.78, 5) is 19.0. The predicted octanol–water partition coefficient (Wildman–Crippen LogP) is 1.06. The molecule has 0 unspecified atom stereocenters. The van der Waals surface area contributed by atoms with Crippen molar-refractivity contribution in [1.29, 1.82) is 0 Å². The smallest absolute Gasteiger partial charge is 0.317 e. The summed E-state index contributed by atoms with van der Waals surface area (Å²) >= 11 is 0. The maximum absolute atomic E-state index is 12.0. The van der Waals surface area contributed by atoms with E-state index in [1.165, 1.54) is 25.9 Å². The first-order valence-corrected chi connectivity index (χ1v) is 8.01. The zero-order chi connectivity index (χ0) is 14.5. The van der Waals surface area contributed by atoms with Gasteiger partial charge in [0.15, 0.2) is 0 Å². The van der Waals surface area contributed by atoms with E-state index in [4.69, 9.17) is 0 Å². The lowest BCUT2D eigenvalue weighted by Crippen LogP contribution is -2.55. The van der Waals surface area contributed by atoms with Crippen molar-refractivity contribution >= 4 is 6.03 Å². The summed E-state index contributed by atoms with van der Waals surface area (Å²) in [7, 11) is 2.20. The van der Waals surface area contributed by atoms with Gasteiger partial charge in [0.1, 0.15) is 0 Å². The van der Waals surface area contributed by atoms with Crippen molar-refractivity contribution in [1.82, 2.24) is 20.0 Å². The van der Waals surface area contributed by atoms with E-state index in [1.54, 1.807) is 0 Å². The number of carbonyl (C=O) groups excluding carboxylic acids is 1. The Morgan fingerprint density at radius 1 is 1.10 bits per heavy atom. The van der Waals surface area contributed by atoms with Crippen LogP contribution in [0.4, 0.5) is 4.79 Å². The van der Waals surface area contributed by atoms with E-state index >= 15 is 0 Å². The summed E-state index contributed by atoms with van der Waals surface area (Å²) in [6.45, 7) is 11.2. The van der Waals surface area contributed by atoms with Gasteiger partial charge in [-0.2, -0.15) is 0 Å². The van der Waals surface area contributed by atoms with Crippen LogP contribution >= 0.6 is 0 Å². The Morgan fingerprint density at radius 2 is 1.70 bits per heavy atom. The third-order valence-electron chi connectivity index (χ3n) is 4.47. The highest BCUT2D eigenvalue weighted by Gasteiger charge is 2.27. The van der Waals surface area contributed by atoms with Crippen LogP contribution in [0.15, 0.2) is 0 Å². The number of nitrogens with one attached hydrogen (secondary N) is 1. The monoisotopic (exact) mass is 282 g/mol. The van der Waals surface area contributed by atoms with Crippen LogP contribution in [0, 0.1) is 5.92 Å². The van der Waals surface area contributed by atoms with Gasteiger partial charge in [-0.15, -0.1) is 0 Å².